The highest BCUT2D eigenvalue weighted by Gasteiger charge is 2.32. The van der Waals surface area contributed by atoms with E-state index in [0.29, 0.717) is 11.5 Å². The fourth-order valence-corrected chi connectivity index (χ4v) is 3.62. The molecule has 100 valence electrons. The lowest BCUT2D eigenvalue weighted by atomic mass is 10.1. The molecule has 5 nitrogen and oxygen atoms in total. The molecule has 2 aromatic rings. The molecule has 0 unspecified atom stereocenters. The summed E-state index contributed by atoms with van der Waals surface area (Å²) in [6, 6.07) is 2.18. The molecule has 0 aromatic carbocycles. The molecule has 0 radical (unpaired) electrons. The van der Waals surface area contributed by atoms with Gasteiger partial charge >= 0.3 is 0 Å². The third-order valence-corrected chi connectivity index (χ3v) is 4.76. The first kappa shape index (κ1) is 12.7. The Morgan fingerprint density at radius 2 is 2.37 bits per heavy atom. The maximum atomic E-state index is 9.42. The van der Waals surface area contributed by atoms with E-state index in [9.17, 15) is 5.11 Å². The largest absolute Gasteiger partial charge is 0.396 e. The molecular formula is C12H13ClN4OS. The summed E-state index contributed by atoms with van der Waals surface area (Å²) in [5.41, 5.74) is 7.42. The molecule has 2 aromatic heterocycles. The second kappa shape index (κ2) is 4.96. The van der Waals surface area contributed by atoms with Crippen molar-refractivity contribution in [3.63, 3.8) is 0 Å². The van der Waals surface area contributed by atoms with Crippen LogP contribution in [-0.2, 0) is 0 Å². The number of nitrogens with zero attached hydrogens (tertiary/aromatic N) is 2. The summed E-state index contributed by atoms with van der Waals surface area (Å²) in [4.78, 5) is 9.19. The van der Waals surface area contributed by atoms with Crippen LogP contribution >= 0.6 is 22.9 Å². The van der Waals surface area contributed by atoms with Crippen molar-refractivity contribution in [1.82, 2.24) is 9.97 Å². The monoisotopic (exact) mass is 296 g/mol. The van der Waals surface area contributed by atoms with E-state index in [4.69, 9.17) is 17.3 Å². The van der Waals surface area contributed by atoms with Gasteiger partial charge in [-0.3, -0.25) is 0 Å². The Kier molecular flexibility index (Phi) is 3.30. The number of nitrogen functional groups attached to an aromatic ring is 1. The van der Waals surface area contributed by atoms with Crippen molar-refractivity contribution in [1.29, 1.82) is 0 Å². The summed E-state index contributed by atoms with van der Waals surface area (Å²) in [6.07, 6.45) is 2.22. The summed E-state index contributed by atoms with van der Waals surface area (Å²) in [7, 11) is 0. The van der Waals surface area contributed by atoms with Gasteiger partial charge in [0.1, 0.15) is 12.0 Å². The van der Waals surface area contributed by atoms with Crippen molar-refractivity contribution >= 4 is 34.4 Å². The minimum Gasteiger partial charge on any atom is -0.396 e. The van der Waals surface area contributed by atoms with Crippen LogP contribution in [0.5, 0.6) is 0 Å². The normalized spacial score (nSPS) is 21.4. The number of nitrogens with one attached hydrogen (secondary N) is 1. The van der Waals surface area contributed by atoms with E-state index in [0.717, 1.165) is 6.42 Å². The fraction of sp³-hybridized carbons (Fsp3) is 0.333. The maximum absolute atomic E-state index is 9.42. The minimum absolute atomic E-state index is 0.103. The van der Waals surface area contributed by atoms with Crippen molar-refractivity contribution in [2.24, 2.45) is 0 Å². The molecule has 4 N–H and O–H groups in total. The predicted molar refractivity (Wildman–Crippen MR) is 76.6 cm³/mol. The Hall–Kier alpha value is -1.37. The zero-order chi connectivity index (χ0) is 13.4. The smallest absolute Gasteiger partial charge is 0.157 e. The number of fused-ring (bicyclic) bond motifs is 1. The molecule has 2 heterocycles. The summed E-state index contributed by atoms with van der Waals surface area (Å²) in [5, 5.41) is 15.0. The molecule has 0 saturated carbocycles. The van der Waals surface area contributed by atoms with E-state index >= 15 is 0 Å². The Morgan fingerprint density at radius 1 is 1.53 bits per heavy atom. The average Bonchev–Trinajstić information content (AvgIpc) is 2.98. The number of rotatable bonds is 3. The summed E-state index contributed by atoms with van der Waals surface area (Å²) < 4.78 is 0. The molecule has 1 aliphatic rings. The number of halogens is 1. The van der Waals surface area contributed by atoms with Gasteiger partial charge in [-0.15, -0.1) is 11.3 Å². The van der Waals surface area contributed by atoms with Gasteiger partial charge in [0.2, 0.25) is 0 Å². The molecule has 0 fully saturated rings. The predicted octanol–water partition coefficient (Wildman–Crippen LogP) is 2.41. The van der Waals surface area contributed by atoms with E-state index in [-0.39, 0.29) is 23.7 Å². The SMILES string of the molecule is Nc1c(Cl)ncnc1N[C@@H]1C[C@H](CO)c2sccc21. The van der Waals surface area contributed by atoms with Gasteiger partial charge in [-0.05, 0) is 23.4 Å². The molecule has 0 amide bonds. The molecule has 0 bridgehead atoms. The third-order valence-electron chi connectivity index (χ3n) is 3.36. The van der Waals surface area contributed by atoms with Crippen molar-refractivity contribution in [3.8, 4) is 0 Å². The lowest BCUT2D eigenvalue weighted by molar-refractivity contribution is 0.264. The number of aromatic nitrogens is 2. The molecule has 7 heteroatoms. The molecule has 0 spiro atoms. The summed E-state index contributed by atoms with van der Waals surface area (Å²) in [5.74, 6) is 0.728. The molecular weight excluding hydrogens is 284 g/mol. The van der Waals surface area contributed by atoms with Gasteiger partial charge in [-0.1, -0.05) is 11.6 Å². The second-order valence-corrected chi connectivity index (χ2v) is 5.78. The van der Waals surface area contributed by atoms with Gasteiger partial charge in [-0.2, -0.15) is 0 Å². The highest BCUT2D eigenvalue weighted by Crippen LogP contribution is 2.45. The molecule has 3 rings (SSSR count). The highest BCUT2D eigenvalue weighted by molar-refractivity contribution is 7.10. The fourth-order valence-electron chi connectivity index (χ4n) is 2.42. The molecule has 2 atom stereocenters. The van der Waals surface area contributed by atoms with Crippen molar-refractivity contribution < 1.29 is 5.11 Å². The standard InChI is InChI=1S/C12H13ClN4OS/c13-11-9(14)12(16-5-15-11)17-8-3-6(4-18)10-7(8)1-2-19-10/h1-2,5-6,8,18H,3-4,14H2,(H,15,16,17)/t6-,8-/m1/s1. The second-order valence-electron chi connectivity index (χ2n) is 4.48. The van der Waals surface area contributed by atoms with Gasteiger partial charge < -0.3 is 16.2 Å². The zero-order valence-electron chi connectivity index (χ0n) is 10.0. The summed E-state index contributed by atoms with van der Waals surface area (Å²) in [6.45, 7) is 0.158. The van der Waals surface area contributed by atoms with Crippen LogP contribution in [0.1, 0.15) is 28.8 Å². The Bertz CT molecular complexity index is 603. The lowest BCUT2D eigenvalue weighted by Gasteiger charge is -2.16. The maximum Gasteiger partial charge on any atom is 0.157 e. The lowest BCUT2D eigenvalue weighted by Crippen LogP contribution is -2.11. The zero-order valence-corrected chi connectivity index (χ0v) is 11.6. The van der Waals surface area contributed by atoms with Crippen LogP contribution in [0.2, 0.25) is 5.15 Å². The number of anilines is 2. The highest BCUT2D eigenvalue weighted by atomic mass is 35.5. The Balaban J connectivity index is 1.88. The van der Waals surface area contributed by atoms with Crippen LogP contribution in [-0.4, -0.2) is 21.7 Å². The quantitative estimate of drug-likeness (QED) is 0.758. The first-order valence-corrected chi connectivity index (χ1v) is 7.17. The van der Waals surface area contributed by atoms with Gasteiger partial charge in [0.25, 0.3) is 0 Å². The van der Waals surface area contributed by atoms with Crippen LogP contribution in [0, 0.1) is 0 Å². The van der Waals surface area contributed by atoms with Crippen molar-refractivity contribution in [2.75, 3.05) is 17.7 Å². The average molecular weight is 297 g/mol. The van der Waals surface area contributed by atoms with Gasteiger partial charge in [-0.25, -0.2) is 9.97 Å². The molecule has 0 aliphatic heterocycles. The Labute approximate surface area is 119 Å². The van der Waals surface area contributed by atoms with E-state index in [1.165, 1.54) is 16.8 Å². The van der Waals surface area contributed by atoms with Gasteiger partial charge in [0.15, 0.2) is 11.0 Å². The van der Waals surface area contributed by atoms with Gasteiger partial charge in [0, 0.05) is 10.8 Å². The number of aliphatic hydroxyl groups is 1. The third kappa shape index (κ3) is 2.16. The van der Waals surface area contributed by atoms with Crippen LogP contribution < -0.4 is 11.1 Å². The van der Waals surface area contributed by atoms with Crippen LogP contribution in [0.15, 0.2) is 17.8 Å². The van der Waals surface area contributed by atoms with Crippen molar-refractivity contribution in [2.45, 2.75) is 18.4 Å². The number of hydrogen-bond donors (Lipinski definition) is 3. The number of aliphatic hydroxyl groups excluding tert-OH is 1. The number of nitrogens with two attached hydrogens (primary N) is 1. The molecule has 19 heavy (non-hydrogen) atoms. The first-order chi connectivity index (χ1) is 9.20. The van der Waals surface area contributed by atoms with Crippen LogP contribution in [0.3, 0.4) is 0 Å². The minimum atomic E-state index is 0.103. The van der Waals surface area contributed by atoms with E-state index < -0.39 is 0 Å². The summed E-state index contributed by atoms with van der Waals surface area (Å²) >= 11 is 7.56. The Morgan fingerprint density at radius 3 is 3.16 bits per heavy atom. The van der Waals surface area contributed by atoms with Crippen LogP contribution in [0.25, 0.3) is 0 Å². The molecule has 1 aliphatic carbocycles. The van der Waals surface area contributed by atoms with Crippen molar-refractivity contribution in [3.05, 3.63) is 33.4 Å². The van der Waals surface area contributed by atoms with E-state index in [2.05, 4.69) is 21.4 Å². The van der Waals surface area contributed by atoms with Crippen LogP contribution in [0.4, 0.5) is 11.5 Å². The molecule has 0 saturated heterocycles. The number of thiophene rings is 1. The van der Waals surface area contributed by atoms with Gasteiger partial charge in [0.05, 0.1) is 12.6 Å². The topological polar surface area (TPSA) is 84.1 Å². The first-order valence-electron chi connectivity index (χ1n) is 5.91. The van der Waals surface area contributed by atoms with E-state index in [1.807, 2.05) is 5.38 Å². The number of hydrogen-bond acceptors (Lipinski definition) is 6. The van der Waals surface area contributed by atoms with E-state index in [1.54, 1.807) is 11.3 Å².